The molecule has 0 radical (unpaired) electrons. The number of fused-ring (bicyclic) bond motifs is 3. The van der Waals surface area contributed by atoms with Crippen LogP contribution in [0.3, 0.4) is 0 Å². The average Bonchev–Trinajstić information content (AvgIpc) is 3.28. The van der Waals surface area contributed by atoms with Gasteiger partial charge in [-0.25, -0.2) is 4.98 Å². The van der Waals surface area contributed by atoms with Gasteiger partial charge in [-0.15, -0.1) is 0 Å². The second kappa shape index (κ2) is 9.57. The molecule has 0 saturated carbocycles. The molecule has 3 heterocycles. The minimum Gasteiger partial charge on any atom is -0.437 e. The van der Waals surface area contributed by atoms with E-state index in [1.165, 1.54) is 33.4 Å². The van der Waals surface area contributed by atoms with Crippen LogP contribution in [0.15, 0.2) is 89.5 Å². The number of para-hydroxylation sites is 1. The van der Waals surface area contributed by atoms with Crippen LogP contribution in [0, 0.1) is 26.7 Å². The van der Waals surface area contributed by atoms with Gasteiger partial charge in [0.1, 0.15) is 5.58 Å². The summed E-state index contributed by atoms with van der Waals surface area (Å²) in [6.45, 7) is 11.0. The molecule has 0 unspecified atom stereocenters. The maximum Gasteiger partial charge on any atom is 0.227 e. The molecule has 0 aliphatic carbocycles. The SMILES string of the molecule is Cc1cc(-c2cccc3c2oc2nc(-c4c(C)cc(-c5ccccc5)cc4C)ccc23)ncc1CC(C)C. The first-order valence-electron chi connectivity index (χ1n) is 13.3. The summed E-state index contributed by atoms with van der Waals surface area (Å²) in [5.74, 6) is 0.599. The van der Waals surface area contributed by atoms with E-state index < -0.39 is 0 Å². The third kappa shape index (κ3) is 4.28. The molecule has 3 aromatic heterocycles. The van der Waals surface area contributed by atoms with Crippen molar-refractivity contribution in [2.24, 2.45) is 5.92 Å². The molecular weight excluding hydrogens is 464 g/mol. The van der Waals surface area contributed by atoms with Gasteiger partial charge in [0.15, 0.2) is 0 Å². The molecule has 0 amide bonds. The molecule has 6 aromatic rings. The minimum absolute atomic E-state index is 0.599. The normalized spacial score (nSPS) is 11.6. The van der Waals surface area contributed by atoms with Gasteiger partial charge in [-0.1, -0.05) is 68.4 Å². The Bertz CT molecular complexity index is 1770. The summed E-state index contributed by atoms with van der Waals surface area (Å²) in [6.07, 6.45) is 3.05. The number of rotatable bonds is 5. The Morgan fingerprint density at radius 3 is 2.18 bits per heavy atom. The Morgan fingerprint density at radius 2 is 1.47 bits per heavy atom. The maximum absolute atomic E-state index is 6.46. The van der Waals surface area contributed by atoms with Crippen molar-refractivity contribution in [1.29, 1.82) is 0 Å². The van der Waals surface area contributed by atoms with Crippen molar-refractivity contribution in [1.82, 2.24) is 9.97 Å². The second-order valence-corrected chi connectivity index (χ2v) is 10.8. The molecule has 0 atom stereocenters. The first-order chi connectivity index (χ1) is 18.4. The highest BCUT2D eigenvalue weighted by Gasteiger charge is 2.17. The molecule has 3 nitrogen and oxygen atoms in total. The summed E-state index contributed by atoms with van der Waals surface area (Å²) in [6, 6.07) is 27.7. The Balaban J connectivity index is 1.44. The smallest absolute Gasteiger partial charge is 0.227 e. The largest absolute Gasteiger partial charge is 0.437 e. The fraction of sp³-hybridized carbons (Fsp3) is 0.200. The Morgan fingerprint density at radius 1 is 0.711 bits per heavy atom. The highest BCUT2D eigenvalue weighted by Crippen LogP contribution is 2.37. The van der Waals surface area contributed by atoms with Gasteiger partial charge in [-0.2, -0.15) is 0 Å². The van der Waals surface area contributed by atoms with E-state index in [-0.39, 0.29) is 0 Å². The number of nitrogens with zero attached hydrogens (tertiary/aromatic N) is 2. The topological polar surface area (TPSA) is 38.9 Å². The molecule has 0 fully saturated rings. The third-order valence-corrected chi connectivity index (χ3v) is 7.38. The fourth-order valence-corrected chi connectivity index (χ4v) is 5.57. The van der Waals surface area contributed by atoms with Crippen LogP contribution in [0.25, 0.3) is 55.7 Å². The molecule has 0 N–H and O–H groups in total. The van der Waals surface area contributed by atoms with Crippen LogP contribution < -0.4 is 0 Å². The van der Waals surface area contributed by atoms with Crippen LogP contribution in [-0.2, 0) is 6.42 Å². The van der Waals surface area contributed by atoms with Crippen molar-refractivity contribution < 1.29 is 4.42 Å². The van der Waals surface area contributed by atoms with E-state index >= 15 is 0 Å². The zero-order valence-corrected chi connectivity index (χ0v) is 22.7. The van der Waals surface area contributed by atoms with Gasteiger partial charge in [-0.3, -0.25) is 4.98 Å². The monoisotopic (exact) mass is 496 g/mol. The van der Waals surface area contributed by atoms with Gasteiger partial charge in [0.25, 0.3) is 0 Å². The van der Waals surface area contributed by atoms with Gasteiger partial charge in [0.2, 0.25) is 5.71 Å². The first-order valence-corrected chi connectivity index (χ1v) is 13.3. The molecule has 0 bridgehead atoms. The van der Waals surface area contributed by atoms with Crippen LogP contribution in [0.5, 0.6) is 0 Å². The van der Waals surface area contributed by atoms with E-state index in [1.807, 2.05) is 6.20 Å². The van der Waals surface area contributed by atoms with Crippen LogP contribution in [0.4, 0.5) is 0 Å². The van der Waals surface area contributed by atoms with Crippen molar-refractivity contribution in [3.63, 3.8) is 0 Å². The van der Waals surface area contributed by atoms with Crippen molar-refractivity contribution in [3.8, 4) is 33.6 Å². The van der Waals surface area contributed by atoms with E-state index in [2.05, 4.69) is 113 Å². The number of furan rings is 1. The third-order valence-electron chi connectivity index (χ3n) is 7.38. The minimum atomic E-state index is 0.599. The number of hydrogen-bond donors (Lipinski definition) is 0. The molecule has 0 spiro atoms. The standard InChI is InChI=1S/C35H32N2O/c1-21(2)16-27-20-36-32(19-22(27)3)30-13-9-12-28-29-14-15-31(37-35(29)38-34(28)30)33-23(4)17-26(18-24(33)5)25-10-7-6-8-11-25/h6-15,17-21H,16H2,1-5H3. The van der Waals surface area contributed by atoms with Crippen molar-refractivity contribution in [2.75, 3.05) is 0 Å². The average molecular weight is 497 g/mol. The highest BCUT2D eigenvalue weighted by molar-refractivity contribution is 6.08. The molecule has 38 heavy (non-hydrogen) atoms. The lowest BCUT2D eigenvalue weighted by Gasteiger charge is -2.12. The van der Waals surface area contributed by atoms with Crippen LogP contribution in [0.2, 0.25) is 0 Å². The van der Waals surface area contributed by atoms with Crippen molar-refractivity contribution in [2.45, 2.75) is 41.0 Å². The quantitative estimate of drug-likeness (QED) is 0.238. The summed E-state index contributed by atoms with van der Waals surface area (Å²) in [5, 5.41) is 2.09. The lowest BCUT2D eigenvalue weighted by atomic mass is 9.93. The summed E-state index contributed by atoms with van der Waals surface area (Å²) < 4.78 is 6.46. The summed E-state index contributed by atoms with van der Waals surface area (Å²) in [4.78, 5) is 9.84. The molecule has 3 aromatic carbocycles. The molecule has 3 heteroatoms. The fourth-order valence-electron chi connectivity index (χ4n) is 5.57. The zero-order chi connectivity index (χ0) is 26.4. The number of benzene rings is 3. The zero-order valence-electron chi connectivity index (χ0n) is 22.7. The number of aromatic nitrogens is 2. The van der Waals surface area contributed by atoms with Gasteiger partial charge >= 0.3 is 0 Å². The first kappa shape index (κ1) is 24.1. The summed E-state index contributed by atoms with van der Waals surface area (Å²) >= 11 is 0. The van der Waals surface area contributed by atoms with Crippen molar-refractivity contribution >= 4 is 22.1 Å². The number of pyridine rings is 2. The maximum atomic E-state index is 6.46. The van der Waals surface area contributed by atoms with Gasteiger partial charge in [0, 0.05) is 28.1 Å². The molecule has 0 aliphatic heterocycles. The summed E-state index contributed by atoms with van der Waals surface area (Å²) in [7, 11) is 0. The van der Waals surface area contributed by atoms with Crippen LogP contribution in [-0.4, -0.2) is 9.97 Å². The number of aryl methyl sites for hydroxylation is 3. The van der Waals surface area contributed by atoms with Crippen molar-refractivity contribution in [3.05, 3.63) is 107 Å². The molecule has 0 aliphatic rings. The molecule has 0 saturated heterocycles. The van der Waals surface area contributed by atoms with Gasteiger partial charge in [-0.05, 0) is 90.8 Å². The van der Waals surface area contributed by atoms with E-state index in [0.717, 1.165) is 45.3 Å². The second-order valence-electron chi connectivity index (χ2n) is 10.8. The molecule has 188 valence electrons. The summed E-state index contributed by atoms with van der Waals surface area (Å²) in [5.41, 5.74) is 12.9. The van der Waals surface area contributed by atoms with Gasteiger partial charge in [0.05, 0.1) is 11.4 Å². The number of hydrogen-bond acceptors (Lipinski definition) is 3. The van der Waals surface area contributed by atoms with Crippen LogP contribution >= 0.6 is 0 Å². The van der Waals surface area contributed by atoms with Crippen LogP contribution in [0.1, 0.15) is 36.1 Å². The molecule has 6 rings (SSSR count). The lowest BCUT2D eigenvalue weighted by molar-refractivity contribution is 0.643. The van der Waals surface area contributed by atoms with Gasteiger partial charge < -0.3 is 4.42 Å². The van der Waals surface area contributed by atoms with E-state index in [9.17, 15) is 0 Å². The highest BCUT2D eigenvalue weighted by atomic mass is 16.3. The molecular formula is C35H32N2O. The lowest BCUT2D eigenvalue weighted by Crippen LogP contribution is -1.98. The Hall–Kier alpha value is -4.24. The Kier molecular flexibility index (Phi) is 6.07. The predicted molar refractivity (Wildman–Crippen MR) is 158 cm³/mol. The predicted octanol–water partition coefficient (Wildman–Crippen LogP) is 9.50. The Labute approximate surface area is 224 Å². The van der Waals surface area contributed by atoms with E-state index in [1.54, 1.807) is 0 Å². The van der Waals surface area contributed by atoms with E-state index in [4.69, 9.17) is 14.4 Å². The van der Waals surface area contributed by atoms with E-state index in [0.29, 0.717) is 11.6 Å².